The Labute approximate surface area is 115 Å². The molecule has 18 heavy (non-hydrogen) atoms. The van der Waals surface area contributed by atoms with Crippen molar-refractivity contribution in [1.29, 1.82) is 0 Å². The molecule has 5 heteroatoms. The van der Waals surface area contributed by atoms with Gasteiger partial charge in [0, 0.05) is 23.2 Å². The molecule has 4 nitrogen and oxygen atoms in total. The van der Waals surface area contributed by atoms with Gasteiger partial charge in [-0.25, -0.2) is 4.79 Å². The normalized spacial score (nSPS) is 19.7. The number of rotatable bonds is 1. The number of amides is 2. The van der Waals surface area contributed by atoms with E-state index in [4.69, 9.17) is 0 Å². The number of hydrogen-bond acceptors (Lipinski definition) is 2. The molecule has 0 aliphatic carbocycles. The topological polar surface area (TPSA) is 52.6 Å². The van der Waals surface area contributed by atoms with Crippen molar-refractivity contribution in [3.05, 3.63) is 28.2 Å². The minimum Gasteiger partial charge on any atom is -0.391 e. The van der Waals surface area contributed by atoms with Crippen LogP contribution in [0.25, 0.3) is 0 Å². The molecule has 1 aliphatic heterocycles. The Morgan fingerprint density at radius 3 is 3.06 bits per heavy atom. The third kappa shape index (κ3) is 3.03. The van der Waals surface area contributed by atoms with Crippen molar-refractivity contribution >= 4 is 27.6 Å². The number of carbonyl (C=O) groups is 1. The summed E-state index contributed by atoms with van der Waals surface area (Å²) in [5.41, 5.74) is 1.80. The van der Waals surface area contributed by atoms with Crippen molar-refractivity contribution in [2.24, 2.45) is 0 Å². The molecule has 1 aromatic carbocycles. The van der Waals surface area contributed by atoms with Crippen LogP contribution in [-0.2, 0) is 0 Å². The van der Waals surface area contributed by atoms with E-state index in [1.165, 1.54) is 0 Å². The monoisotopic (exact) mass is 312 g/mol. The van der Waals surface area contributed by atoms with Crippen LogP contribution >= 0.6 is 15.9 Å². The fourth-order valence-electron chi connectivity index (χ4n) is 2.08. The average molecular weight is 313 g/mol. The van der Waals surface area contributed by atoms with E-state index in [1.807, 2.05) is 25.1 Å². The fraction of sp³-hybridized carbons (Fsp3) is 0.462. The van der Waals surface area contributed by atoms with Gasteiger partial charge in [0.25, 0.3) is 0 Å². The molecule has 1 unspecified atom stereocenters. The van der Waals surface area contributed by atoms with Crippen molar-refractivity contribution in [3.8, 4) is 0 Å². The molecule has 2 N–H and O–H groups in total. The number of urea groups is 1. The lowest BCUT2D eigenvalue weighted by molar-refractivity contribution is 0.0883. The number of nitrogens with zero attached hydrogens (tertiary/aromatic N) is 1. The van der Waals surface area contributed by atoms with Crippen molar-refractivity contribution in [2.75, 3.05) is 18.4 Å². The Kier molecular flexibility index (Phi) is 4.24. The molecule has 1 saturated heterocycles. The van der Waals surface area contributed by atoms with Crippen LogP contribution in [0.15, 0.2) is 22.7 Å². The molecule has 1 heterocycles. The van der Waals surface area contributed by atoms with E-state index in [2.05, 4.69) is 21.2 Å². The third-order valence-electron chi connectivity index (χ3n) is 3.19. The number of benzene rings is 1. The minimum atomic E-state index is -0.395. The number of carbonyl (C=O) groups excluding carboxylic acids is 1. The molecule has 1 atom stereocenters. The van der Waals surface area contributed by atoms with Gasteiger partial charge in [-0.1, -0.05) is 22.0 Å². The summed E-state index contributed by atoms with van der Waals surface area (Å²) in [6, 6.07) is 5.56. The van der Waals surface area contributed by atoms with Crippen LogP contribution in [0.5, 0.6) is 0 Å². The number of aliphatic hydroxyl groups excluding tert-OH is 1. The first-order chi connectivity index (χ1) is 8.58. The van der Waals surface area contributed by atoms with Gasteiger partial charge >= 0.3 is 6.03 Å². The zero-order valence-corrected chi connectivity index (χ0v) is 11.9. The number of aliphatic hydroxyl groups is 1. The molecular formula is C13H17BrN2O2. The quantitative estimate of drug-likeness (QED) is 0.837. The summed E-state index contributed by atoms with van der Waals surface area (Å²) in [5.74, 6) is 0. The third-order valence-corrected chi connectivity index (χ3v) is 4.05. The number of β-amino-alcohol motifs (C(OH)–C–C–N with tert-alkyl or cyclic N) is 1. The second kappa shape index (κ2) is 5.71. The highest BCUT2D eigenvalue weighted by Crippen LogP contribution is 2.24. The van der Waals surface area contributed by atoms with Crippen molar-refractivity contribution in [3.63, 3.8) is 0 Å². The Bertz CT molecular complexity index is 451. The zero-order valence-electron chi connectivity index (χ0n) is 10.3. The minimum absolute atomic E-state index is 0.144. The molecule has 2 amide bonds. The molecular weight excluding hydrogens is 296 g/mol. The van der Waals surface area contributed by atoms with Crippen molar-refractivity contribution in [2.45, 2.75) is 25.9 Å². The largest absolute Gasteiger partial charge is 0.391 e. The second-order valence-corrected chi connectivity index (χ2v) is 5.44. The van der Waals surface area contributed by atoms with Crippen LogP contribution < -0.4 is 5.32 Å². The number of nitrogens with one attached hydrogen (secondary N) is 1. The van der Waals surface area contributed by atoms with Gasteiger partial charge in [-0.05, 0) is 37.5 Å². The maximum Gasteiger partial charge on any atom is 0.321 e. The first kappa shape index (κ1) is 13.4. The van der Waals surface area contributed by atoms with E-state index in [-0.39, 0.29) is 6.03 Å². The standard InChI is InChI=1S/C13H17BrN2O2/c1-9-11(14)5-2-6-12(9)15-13(18)16-7-3-4-10(17)8-16/h2,5-6,10,17H,3-4,7-8H2,1H3,(H,15,18). The van der Waals surface area contributed by atoms with Gasteiger partial charge in [-0.15, -0.1) is 0 Å². The SMILES string of the molecule is Cc1c(Br)cccc1NC(=O)N1CCCC(O)C1. The number of likely N-dealkylation sites (tertiary alicyclic amines) is 1. The van der Waals surface area contributed by atoms with Crippen LogP contribution in [0, 0.1) is 6.92 Å². The highest BCUT2D eigenvalue weighted by Gasteiger charge is 2.22. The summed E-state index contributed by atoms with van der Waals surface area (Å²) >= 11 is 3.44. The van der Waals surface area contributed by atoms with Gasteiger partial charge < -0.3 is 15.3 Å². The molecule has 0 aromatic heterocycles. The summed E-state index contributed by atoms with van der Waals surface area (Å²) in [4.78, 5) is 13.7. The Hall–Kier alpha value is -1.07. The van der Waals surface area contributed by atoms with E-state index in [0.717, 1.165) is 28.6 Å². The van der Waals surface area contributed by atoms with E-state index < -0.39 is 6.10 Å². The maximum atomic E-state index is 12.1. The van der Waals surface area contributed by atoms with Gasteiger partial charge in [0.1, 0.15) is 0 Å². The smallest absolute Gasteiger partial charge is 0.321 e. The first-order valence-electron chi connectivity index (χ1n) is 6.07. The zero-order chi connectivity index (χ0) is 13.1. The van der Waals surface area contributed by atoms with E-state index >= 15 is 0 Å². The van der Waals surface area contributed by atoms with Gasteiger partial charge in [0.2, 0.25) is 0 Å². The van der Waals surface area contributed by atoms with E-state index in [1.54, 1.807) is 4.90 Å². The van der Waals surface area contributed by atoms with Crippen LogP contribution in [-0.4, -0.2) is 35.2 Å². The van der Waals surface area contributed by atoms with E-state index in [0.29, 0.717) is 13.1 Å². The fourth-order valence-corrected chi connectivity index (χ4v) is 2.44. The molecule has 0 spiro atoms. The first-order valence-corrected chi connectivity index (χ1v) is 6.86. The molecule has 98 valence electrons. The Morgan fingerprint density at radius 2 is 2.33 bits per heavy atom. The van der Waals surface area contributed by atoms with Crippen LogP contribution in [0.3, 0.4) is 0 Å². The number of halogens is 1. The van der Waals surface area contributed by atoms with E-state index in [9.17, 15) is 9.90 Å². The predicted octanol–water partition coefficient (Wildman–Crippen LogP) is 2.75. The number of piperidine rings is 1. The summed E-state index contributed by atoms with van der Waals surface area (Å²) in [7, 11) is 0. The van der Waals surface area contributed by atoms with Gasteiger partial charge in [-0.3, -0.25) is 0 Å². The van der Waals surface area contributed by atoms with Gasteiger partial charge in [0.15, 0.2) is 0 Å². The number of anilines is 1. The lowest BCUT2D eigenvalue weighted by Crippen LogP contribution is -2.44. The van der Waals surface area contributed by atoms with Crippen molar-refractivity contribution in [1.82, 2.24) is 4.90 Å². The average Bonchev–Trinajstić information content (AvgIpc) is 2.35. The summed E-state index contributed by atoms with van der Waals surface area (Å²) in [5, 5.41) is 12.5. The van der Waals surface area contributed by atoms with Gasteiger partial charge in [-0.2, -0.15) is 0 Å². The lowest BCUT2D eigenvalue weighted by Gasteiger charge is -2.30. The number of hydrogen-bond donors (Lipinski definition) is 2. The molecule has 1 fully saturated rings. The summed E-state index contributed by atoms with van der Waals surface area (Å²) < 4.78 is 0.971. The van der Waals surface area contributed by atoms with Crippen molar-refractivity contribution < 1.29 is 9.90 Å². The summed E-state index contributed by atoms with van der Waals surface area (Å²) in [6.45, 7) is 3.07. The maximum absolute atomic E-state index is 12.1. The molecule has 0 bridgehead atoms. The van der Waals surface area contributed by atoms with Gasteiger partial charge in [0.05, 0.1) is 6.10 Å². The predicted molar refractivity (Wildman–Crippen MR) is 74.7 cm³/mol. The van der Waals surface area contributed by atoms with Crippen LogP contribution in [0.2, 0.25) is 0 Å². The molecule has 1 aromatic rings. The molecule has 0 saturated carbocycles. The summed E-state index contributed by atoms with van der Waals surface area (Å²) in [6.07, 6.45) is 1.24. The highest BCUT2D eigenvalue weighted by atomic mass is 79.9. The van der Waals surface area contributed by atoms with Crippen LogP contribution in [0.1, 0.15) is 18.4 Å². The molecule has 1 aliphatic rings. The second-order valence-electron chi connectivity index (χ2n) is 4.58. The Balaban J connectivity index is 2.04. The van der Waals surface area contributed by atoms with Crippen LogP contribution in [0.4, 0.5) is 10.5 Å². The molecule has 2 rings (SSSR count). The lowest BCUT2D eigenvalue weighted by atomic mass is 10.1. The highest BCUT2D eigenvalue weighted by molar-refractivity contribution is 9.10. The molecule has 0 radical (unpaired) electrons. The Morgan fingerprint density at radius 1 is 1.56 bits per heavy atom.